The molecule has 120 valence electrons. The number of hydrogen-bond acceptors (Lipinski definition) is 2. The van der Waals surface area contributed by atoms with Crippen LogP contribution in [0.15, 0.2) is 23.1 Å². The number of carbonyl (C=O) groups is 1. The van der Waals surface area contributed by atoms with E-state index in [1.807, 2.05) is 0 Å². The van der Waals surface area contributed by atoms with Gasteiger partial charge in [0.2, 0.25) is 5.91 Å². The summed E-state index contributed by atoms with van der Waals surface area (Å²) in [5, 5.41) is 3.05. The minimum Gasteiger partial charge on any atom is -0.353 e. The topological polar surface area (TPSA) is 29.1 Å². The Kier molecular flexibility index (Phi) is 4.71. The van der Waals surface area contributed by atoms with Crippen molar-refractivity contribution in [2.75, 3.05) is 5.75 Å². The van der Waals surface area contributed by atoms with Crippen molar-refractivity contribution >= 4 is 17.7 Å². The van der Waals surface area contributed by atoms with Gasteiger partial charge in [-0.25, -0.2) is 8.78 Å². The smallest absolute Gasteiger partial charge is 0.230 e. The average Bonchev–Trinajstić information content (AvgIpc) is 3.09. The van der Waals surface area contributed by atoms with E-state index in [0.29, 0.717) is 10.8 Å². The first-order valence-corrected chi connectivity index (χ1v) is 8.88. The molecule has 1 aromatic rings. The van der Waals surface area contributed by atoms with Gasteiger partial charge in [0.05, 0.1) is 5.75 Å². The fourth-order valence-electron chi connectivity index (χ4n) is 4.04. The van der Waals surface area contributed by atoms with Crippen LogP contribution in [0.3, 0.4) is 0 Å². The molecule has 5 heteroatoms. The third-order valence-electron chi connectivity index (χ3n) is 5.08. The number of halogens is 2. The Labute approximate surface area is 134 Å². The second-order valence-corrected chi connectivity index (χ2v) is 7.58. The SMILES string of the molecule is CC(NC(=O)CSc1ccc(F)cc1F)C1CC2CCC1C2. The summed E-state index contributed by atoms with van der Waals surface area (Å²) in [4.78, 5) is 12.3. The van der Waals surface area contributed by atoms with Crippen molar-refractivity contribution in [2.24, 2.45) is 17.8 Å². The van der Waals surface area contributed by atoms with Crippen LogP contribution in [0.25, 0.3) is 0 Å². The number of amides is 1. The van der Waals surface area contributed by atoms with Gasteiger partial charge in [-0.2, -0.15) is 0 Å². The normalized spacial score (nSPS) is 27.9. The van der Waals surface area contributed by atoms with Crippen LogP contribution in [0.1, 0.15) is 32.6 Å². The van der Waals surface area contributed by atoms with Crippen LogP contribution in [-0.4, -0.2) is 17.7 Å². The highest BCUT2D eigenvalue weighted by atomic mass is 32.2. The monoisotopic (exact) mass is 325 g/mol. The lowest BCUT2D eigenvalue weighted by atomic mass is 9.84. The molecular formula is C17H21F2NOS. The summed E-state index contributed by atoms with van der Waals surface area (Å²) in [6, 6.07) is 3.61. The van der Waals surface area contributed by atoms with Gasteiger partial charge in [0.1, 0.15) is 11.6 Å². The van der Waals surface area contributed by atoms with Gasteiger partial charge in [-0.05, 0) is 56.1 Å². The predicted octanol–water partition coefficient (Wildman–Crippen LogP) is 4.00. The maximum atomic E-state index is 13.5. The van der Waals surface area contributed by atoms with E-state index in [-0.39, 0.29) is 17.7 Å². The van der Waals surface area contributed by atoms with Crippen LogP contribution in [0, 0.1) is 29.4 Å². The Morgan fingerprint density at radius 3 is 2.82 bits per heavy atom. The van der Waals surface area contributed by atoms with Crippen molar-refractivity contribution in [1.29, 1.82) is 0 Å². The standard InChI is InChI=1S/C17H21F2NOS/c1-10(14-7-11-2-3-12(14)6-11)20-17(21)9-22-16-5-4-13(18)8-15(16)19/h4-5,8,10-12,14H,2-3,6-7,9H2,1H3,(H,20,21). The third-order valence-corrected chi connectivity index (χ3v) is 6.12. The van der Waals surface area contributed by atoms with Crippen molar-refractivity contribution in [3.05, 3.63) is 29.8 Å². The zero-order valence-corrected chi connectivity index (χ0v) is 13.5. The fourth-order valence-corrected chi connectivity index (χ4v) is 4.78. The summed E-state index contributed by atoms with van der Waals surface area (Å²) in [6.07, 6.45) is 5.19. The van der Waals surface area contributed by atoms with E-state index in [9.17, 15) is 13.6 Å². The molecule has 0 radical (unpaired) electrons. The molecule has 2 aliphatic rings. The molecule has 4 unspecified atom stereocenters. The molecule has 0 aliphatic heterocycles. The number of fused-ring (bicyclic) bond motifs is 2. The highest BCUT2D eigenvalue weighted by Crippen LogP contribution is 2.49. The number of nitrogens with one attached hydrogen (secondary N) is 1. The summed E-state index contributed by atoms with van der Waals surface area (Å²) in [5.41, 5.74) is 0. The molecule has 3 rings (SSSR count). The van der Waals surface area contributed by atoms with Gasteiger partial charge >= 0.3 is 0 Å². The number of hydrogen-bond donors (Lipinski definition) is 1. The lowest BCUT2D eigenvalue weighted by Gasteiger charge is -2.28. The first-order valence-electron chi connectivity index (χ1n) is 7.90. The van der Waals surface area contributed by atoms with Crippen molar-refractivity contribution in [3.8, 4) is 0 Å². The third kappa shape index (κ3) is 3.45. The van der Waals surface area contributed by atoms with Gasteiger partial charge in [0.25, 0.3) is 0 Å². The van der Waals surface area contributed by atoms with Gasteiger partial charge in [0.15, 0.2) is 0 Å². The van der Waals surface area contributed by atoms with Gasteiger partial charge in [-0.3, -0.25) is 4.79 Å². The van der Waals surface area contributed by atoms with Crippen molar-refractivity contribution in [2.45, 2.75) is 43.5 Å². The van der Waals surface area contributed by atoms with Gasteiger partial charge < -0.3 is 5.32 Å². The van der Waals surface area contributed by atoms with Crippen LogP contribution in [0.5, 0.6) is 0 Å². The molecule has 0 aromatic heterocycles. The van der Waals surface area contributed by atoms with E-state index in [1.165, 1.54) is 37.8 Å². The van der Waals surface area contributed by atoms with Crippen LogP contribution < -0.4 is 5.32 Å². The molecule has 0 saturated heterocycles. The molecule has 2 fully saturated rings. The molecule has 0 spiro atoms. The molecule has 2 bridgehead atoms. The lowest BCUT2D eigenvalue weighted by molar-refractivity contribution is -0.119. The molecule has 1 aromatic carbocycles. The number of carbonyl (C=O) groups excluding carboxylic acids is 1. The van der Waals surface area contributed by atoms with E-state index in [0.717, 1.165) is 29.7 Å². The number of rotatable bonds is 5. The number of benzene rings is 1. The minimum absolute atomic E-state index is 0.0796. The second kappa shape index (κ2) is 6.57. The molecule has 4 atom stereocenters. The molecule has 2 aliphatic carbocycles. The van der Waals surface area contributed by atoms with Crippen molar-refractivity contribution in [3.63, 3.8) is 0 Å². The van der Waals surface area contributed by atoms with Gasteiger partial charge in [0, 0.05) is 17.0 Å². The fraction of sp³-hybridized carbons (Fsp3) is 0.588. The maximum Gasteiger partial charge on any atom is 0.230 e. The minimum atomic E-state index is -0.612. The first kappa shape index (κ1) is 15.8. The zero-order chi connectivity index (χ0) is 15.7. The molecule has 0 heterocycles. The Morgan fingerprint density at radius 2 is 2.18 bits per heavy atom. The van der Waals surface area contributed by atoms with E-state index < -0.39 is 11.6 Å². The largest absolute Gasteiger partial charge is 0.353 e. The quantitative estimate of drug-likeness (QED) is 0.829. The summed E-state index contributed by atoms with van der Waals surface area (Å²) < 4.78 is 26.4. The highest BCUT2D eigenvalue weighted by molar-refractivity contribution is 8.00. The van der Waals surface area contributed by atoms with Gasteiger partial charge in [-0.1, -0.05) is 6.42 Å². The molecule has 2 saturated carbocycles. The Hall–Kier alpha value is -1.10. The highest BCUT2D eigenvalue weighted by Gasteiger charge is 2.42. The Bertz CT molecular complexity index is 566. The van der Waals surface area contributed by atoms with E-state index in [1.54, 1.807) is 0 Å². The van der Waals surface area contributed by atoms with Crippen molar-refractivity contribution < 1.29 is 13.6 Å². The molecule has 1 amide bonds. The molecule has 2 nitrogen and oxygen atoms in total. The first-order chi connectivity index (χ1) is 10.5. The Morgan fingerprint density at radius 1 is 1.36 bits per heavy atom. The van der Waals surface area contributed by atoms with Crippen LogP contribution in [0.2, 0.25) is 0 Å². The summed E-state index contributed by atoms with van der Waals surface area (Å²) in [6.45, 7) is 2.08. The molecular weight excluding hydrogens is 304 g/mol. The van der Waals surface area contributed by atoms with Crippen LogP contribution in [-0.2, 0) is 4.79 Å². The van der Waals surface area contributed by atoms with Crippen molar-refractivity contribution in [1.82, 2.24) is 5.32 Å². The zero-order valence-electron chi connectivity index (χ0n) is 12.6. The number of thioether (sulfide) groups is 1. The predicted molar refractivity (Wildman–Crippen MR) is 83.6 cm³/mol. The molecule has 1 N–H and O–H groups in total. The Balaban J connectivity index is 1.48. The van der Waals surface area contributed by atoms with Crippen LogP contribution in [0.4, 0.5) is 8.78 Å². The van der Waals surface area contributed by atoms with Crippen LogP contribution >= 0.6 is 11.8 Å². The molecule has 22 heavy (non-hydrogen) atoms. The van der Waals surface area contributed by atoms with E-state index in [2.05, 4.69) is 12.2 Å². The summed E-state index contributed by atoms with van der Waals surface area (Å²) in [5.74, 6) is 1.09. The van der Waals surface area contributed by atoms with E-state index >= 15 is 0 Å². The average molecular weight is 325 g/mol. The van der Waals surface area contributed by atoms with Gasteiger partial charge in [-0.15, -0.1) is 11.8 Å². The lowest BCUT2D eigenvalue weighted by Crippen LogP contribution is -2.40. The van der Waals surface area contributed by atoms with E-state index in [4.69, 9.17) is 0 Å². The maximum absolute atomic E-state index is 13.5. The summed E-state index contributed by atoms with van der Waals surface area (Å²) >= 11 is 1.11. The summed E-state index contributed by atoms with van der Waals surface area (Å²) in [7, 11) is 0. The second-order valence-electron chi connectivity index (χ2n) is 6.56.